The lowest BCUT2D eigenvalue weighted by Crippen LogP contribution is -2.15. The lowest BCUT2D eigenvalue weighted by molar-refractivity contribution is -0.385. The molecular weight excluding hydrogens is 247 g/mol. The number of nitro benzene ring substituents is 1. The van der Waals surface area contributed by atoms with Crippen LogP contribution >= 0.6 is 0 Å². The lowest BCUT2D eigenvalue weighted by atomic mass is 10.1. The maximum atomic E-state index is 13.2. The van der Waals surface area contributed by atoms with Crippen LogP contribution in [0.2, 0.25) is 0 Å². The molecule has 19 heavy (non-hydrogen) atoms. The van der Waals surface area contributed by atoms with E-state index in [0.717, 1.165) is 18.9 Å². The third kappa shape index (κ3) is 5.68. The predicted octanol–water partition coefficient (Wildman–Crippen LogP) is 4.50. The molecule has 0 aromatic heterocycles. The number of hydrogen-bond donors (Lipinski definition) is 1. The van der Waals surface area contributed by atoms with Crippen molar-refractivity contribution in [3.63, 3.8) is 0 Å². The number of rotatable bonds is 8. The molecule has 0 aliphatic carbocycles. The summed E-state index contributed by atoms with van der Waals surface area (Å²) < 4.78 is 13.2. The van der Waals surface area contributed by atoms with Gasteiger partial charge in [0.15, 0.2) is 0 Å². The first kappa shape index (κ1) is 15.4. The molecule has 0 fully saturated rings. The Labute approximate surface area is 113 Å². The van der Waals surface area contributed by atoms with Crippen LogP contribution in [0.1, 0.15) is 46.0 Å². The topological polar surface area (TPSA) is 55.2 Å². The van der Waals surface area contributed by atoms with Gasteiger partial charge in [0.05, 0.1) is 11.0 Å². The Balaban J connectivity index is 2.53. The molecule has 1 atom stereocenters. The summed E-state index contributed by atoms with van der Waals surface area (Å²) in [6.45, 7) is 4.16. The molecule has 106 valence electrons. The van der Waals surface area contributed by atoms with Crippen molar-refractivity contribution in [2.24, 2.45) is 0 Å². The van der Waals surface area contributed by atoms with Gasteiger partial charge in [0, 0.05) is 17.8 Å². The lowest BCUT2D eigenvalue weighted by Gasteiger charge is -2.15. The molecular formula is C14H21FN2O2. The van der Waals surface area contributed by atoms with E-state index in [1.54, 1.807) is 0 Å². The zero-order chi connectivity index (χ0) is 14.3. The molecule has 1 unspecified atom stereocenters. The van der Waals surface area contributed by atoms with Crippen LogP contribution in [-0.4, -0.2) is 11.0 Å². The van der Waals surface area contributed by atoms with Gasteiger partial charge in [0.2, 0.25) is 0 Å². The molecule has 0 bridgehead atoms. The summed E-state index contributed by atoms with van der Waals surface area (Å²) >= 11 is 0. The van der Waals surface area contributed by atoms with Crippen molar-refractivity contribution in [3.05, 3.63) is 34.1 Å². The van der Waals surface area contributed by atoms with Gasteiger partial charge in [-0.15, -0.1) is 0 Å². The summed E-state index contributed by atoms with van der Waals surface area (Å²) in [6.07, 6.45) is 5.69. The van der Waals surface area contributed by atoms with Crippen molar-refractivity contribution >= 4 is 11.4 Å². The van der Waals surface area contributed by atoms with E-state index in [1.807, 2.05) is 6.92 Å². The molecule has 0 saturated carbocycles. The van der Waals surface area contributed by atoms with Gasteiger partial charge in [-0.3, -0.25) is 10.1 Å². The fraction of sp³-hybridized carbons (Fsp3) is 0.571. The van der Waals surface area contributed by atoms with E-state index in [2.05, 4.69) is 12.2 Å². The summed E-state index contributed by atoms with van der Waals surface area (Å²) in [5, 5.41) is 13.8. The molecule has 5 heteroatoms. The van der Waals surface area contributed by atoms with Gasteiger partial charge < -0.3 is 5.32 Å². The second-order valence-corrected chi connectivity index (χ2v) is 4.85. The Bertz CT molecular complexity index is 424. The fourth-order valence-electron chi connectivity index (χ4n) is 2.00. The van der Waals surface area contributed by atoms with E-state index in [1.165, 1.54) is 31.4 Å². The first-order valence-electron chi connectivity index (χ1n) is 6.74. The van der Waals surface area contributed by atoms with Gasteiger partial charge >= 0.3 is 0 Å². The zero-order valence-electron chi connectivity index (χ0n) is 11.5. The number of nitrogens with zero attached hydrogens (tertiary/aromatic N) is 1. The van der Waals surface area contributed by atoms with Gasteiger partial charge in [-0.2, -0.15) is 0 Å². The minimum atomic E-state index is -0.588. The number of benzene rings is 1. The van der Waals surface area contributed by atoms with Crippen molar-refractivity contribution in [2.75, 3.05) is 5.32 Å². The maximum absolute atomic E-state index is 13.2. The SMILES string of the molecule is CCCCCCC(C)Nc1cc(F)cc([N+](=O)[O-])c1. The van der Waals surface area contributed by atoms with Crippen LogP contribution in [0.4, 0.5) is 15.8 Å². The molecule has 1 aromatic rings. The monoisotopic (exact) mass is 268 g/mol. The number of halogens is 1. The Morgan fingerprint density at radius 2 is 2.05 bits per heavy atom. The van der Waals surface area contributed by atoms with E-state index in [4.69, 9.17) is 0 Å². The molecule has 1 rings (SSSR count). The second kappa shape index (κ2) is 7.71. The minimum absolute atomic E-state index is 0.179. The normalized spacial score (nSPS) is 12.2. The molecule has 0 radical (unpaired) electrons. The predicted molar refractivity (Wildman–Crippen MR) is 74.9 cm³/mol. The number of non-ortho nitro benzene ring substituents is 1. The van der Waals surface area contributed by atoms with E-state index in [9.17, 15) is 14.5 Å². The highest BCUT2D eigenvalue weighted by Crippen LogP contribution is 2.21. The standard InChI is InChI=1S/C14H21FN2O2/c1-3-4-5-6-7-11(2)16-13-8-12(15)9-14(10-13)17(18)19/h8-11,16H,3-7H2,1-2H3. The zero-order valence-corrected chi connectivity index (χ0v) is 11.5. The Hall–Kier alpha value is -1.65. The van der Waals surface area contributed by atoms with Crippen molar-refractivity contribution in [2.45, 2.75) is 52.0 Å². The van der Waals surface area contributed by atoms with Gasteiger partial charge in [0.1, 0.15) is 5.82 Å². The molecule has 1 N–H and O–H groups in total. The van der Waals surface area contributed by atoms with E-state index >= 15 is 0 Å². The number of anilines is 1. The maximum Gasteiger partial charge on any atom is 0.274 e. The Morgan fingerprint density at radius 1 is 1.32 bits per heavy atom. The molecule has 0 saturated heterocycles. The molecule has 1 aromatic carbocycles. The first-order chi connectivity index (χ1) is 9.02. The largest absolute Gasteiger partial charge is 0.382 e. The highest BCUT2D eigenvalue weighted by Gasteiger charge is 2.11. The Morgan fingerprint density at radius 3 is 2.68 bits per heavy atom. The molecule has 4 nitrogen and oxygen atoms in total. The van der Waals surface area contributed by atoms with Gasteiger partial charge in [0.25, 0.3) is 5.69 Å². The third-order valence-electron chi connectivity index (χ3n) is 3.00. The van der Waals surface area contributed by atoms with E-state index < -0.39 is 10.7 Å². The van der Waals surface area contributed by atoms with Gasteiger partial charge in [-0.1, -0.05) is 32.6 Å². The van der Waals surface area contributed by atoms with Crippen molar-refractivity contribution in [1.29, 1.82) is 0 Å². The number of nitrogens with one attached hydrogen (secondary N) is 1. The summed E-state index contributed by atoms with van der Waals surface area (Å²) in [7, 11) is 0. The quantitative estimate of drug-likeness (QED) is 0.429. The highest BCUT2D eigenvalue weighted by atomic mass is 19.1. The van der Waals surface area contributed by atoms with Gasteiger partial charge in [-0.25, -0.2) is 4.39 Å². The molecule has 0 heterocycles. The first-order valence-corrected chi connectivity index (χ1v) is 6.74. The molecule has 0 amide bonds. The average Bonchev–Trinajstić information content (AvgIpc) is 2.34. The number of nitro groups is 1. The second-order valence-electron chi connectivity index (χ2n) is 4.85. The molecule has 0 spiro atoms. The smallest absolute Gasteiger partial charge is 0.274 e. The minimum Gasteiger partial charge on any atom is -0.382 e. The van der Waals surface area contributed by atoms with Gasteiger partial charge in [-0.05, 0) is 19.4 Å². The fourth-order valence-corrected chi connectivity index (χ4v) is 2.00. The van der Waals surface area contributed by atoms with Crippen LogP contribution in [0.15, 0.2) is 18.2 Å². The van der Waals surface area contributed by atoms with Crippen molar-refractivity contribution in [3.8, 4) is 0 Å². The van der Waals surface area contributed by atoms with Crippen LogP contribution in [0.25, 0.3) is 0 Å². The van der Waals surface area contributed by atoms with Crippen LogP contribution < -0.4 is 5.32 Å². The summed E-state index contributed by atoms with van der Waals surface area (Å²) in [4.78, 5) is 10.1. The van der Waals surface area contributed by atoms with Crippen molar-refractivity contribution in [1.82, 2.24) is 0 Å². The van der Waals surface area contributed by atoms with Crippen LogP contribution in [0.5, 0.6) is 0 Å². The summed E-state index contributed by atoms with van der Waals surface area (Å²) in [5.74, 6) is -0.588. The summed E-state index contributed by atoms with van der Waals surface area (Å²) in [5.41, 5.74) is 0.246. The highest BCUT2D eigenvalue weighted by molar-refractivity contribution is 5.52. The van der Waals surface area contributed by atoms with E-state index in [0.29, 0.717) is 5.69 Å². The van der Waals surface area contributed by atoms with Crippen LogP contribution in [0, 0.1) is 15.9 Å². The molecule has 0 aliphatic heterocycles. The summed E-state index contributed by atoms with van der Waals surface area (Å²) in [6, 6.07) is 3.76. The average molecular weight is 268 g/mol. The van der Waals surface area contributed by atoms with E-state index in [-0.39, 0.29) is 11.7 Å². The number of hydrogen-bond acceptors (Lipinski definition) is 3. The van der Waals surface area contributed by atoms with Crippen LogP contribution in [-0.2, 0) is 0 Å². The third-order valence-corrected chi connectivity index (χ3v) is 3.00. The van der Waals surface area contributed by atoms with Crippen molar-refractivity contribution < 1.29 is 9.31 Å². The van der Waals surface area contributed by atoms with Crippen LogP contribution in [0.3, 0.4) is 0 Å². The Kier molecular flexibility index (Phi) is 6.25. The molecule has 0 aliphatic rings. The number of unbranched alkanes of at least 4 members (excludes halogenated alkanes) is 3.